The molecular formula is C19H22BrN5O3S. The fourth-order valence-corrected chi connectivity index (χ4v) is 4.86. The van der Waals surface area contributed by atoms with Crippen LogP contribution in [0.1, 0.15) is 18.3 Å². The van der Waals surface area contributed by atoms with E-state index < -0.39 is 9.84 Å². The van der Waals surface area contributed by atoms with E-state index in [-0.39, 0.29) is 10.9 Å². The minimum absolute atomic E-state index is 0.160. The lowest BCUT2D eigenvalue weighted by Crippen LogP contribution is -2.37. The van der Waals surface area contributed by atoms with Crippen molar-refractivity contribution in [3.8, 4) is 0 Å². The van der Waals surface area contributed by atoms with Gasteiger partial charge in [0.15, 0.2) is 17.0 Å². The molecule has 0 saturated carbocycles. The molecule has 154 valence electrons. The second-order valence-corrected chi connectivity index (χ2v) is 9.73. The van der Waals surface area contributed by atoms with Crippen LogP contribution in [0.3, 0.4) is 0 Å². The third-order valence-electron chi connectivity index (χ3n) is 4.95. The van der Waals surface area contributed by atoms with Gasteiger partial charge >= 0.3 is 0 Å². The average Bonchev–Trinajstić information content (AvgIpc) is 3.05. The smallest absolute Gasteiger partial charge is 0.251 e. The number of benzene rings is 1. The van der Waals surface area contributed by atoms with Crippen molar-refractivity contribution in [2.75, 3.05) is 31.2 Å². The Hall–Kier alpha value is -2.04. The molecule has 0 radical (unpaired) electrons. The number of imidazole rings is 1. The van der Waals surface area contributed by atoms with Crippen LogP contribution in [-0.4, -0.2) is 54.2 Å². The Labute approximate surface area is 178 Å². The van der Waals surface area contributed by atoms with Crippen molar-refractivity contribution < 1.29 is 13.2 Å². The highest BCUT2D eigenvalue weighted by Crippen LogP contribution is 2.27. The molecule has 1 saturated heterocycles. The standard InChI is InChI=1S/C19H22BrN5O3S/c1-3-15-21-16-17(24(15)2)22-19(23-18(16)25-8-10-28-11-9-25)29(26,27)12-13-4-6-14(20)7-5-13/h4-7H,3,8-12H2,1-2H3. The first-order chi connectivity index (χ1) is 13.9. The fourth-order valence-electron chi connectivity index (χ4n) is 3.39. The fraction of sp³-hybridized carbons (Fsp3) is 0.421. The number of aromatic nitrogens is 4. The molecule has 0 spiro atoms. The maximum absolute atomic E-state index is 13.1. The molecule has 0 N–H and O–H groups in total. The molecule has 0 bridgehead atoms. The van der Waals surface area contributed by atoms with Gasteiger partial charge < -0.3 is 14.2 Å². The largest absolute Gasteiger partial charge is 0.378 e. The van der Waals surface area contributed by atoms with Gasteiger partial charge in [0.25, 0.3) is 5.16 Å². The lowest BCUT2D eigenvalue weighted by Gasteiger charge is -2.28. The monoisotopic (exact) mass is 479 g/mol. The number of hydrogen-bond donors (Lipinski definition) is 0. The summed E-state index contributed by atoms with van der Waals surface area (Å²) < 4.78 is 34.5. The minimum Gasteiger partial charge on any atom is -0.378 e. The lowest BCUT2D eigenvalue weighted by molar-refractivity contribution is 0.122. The summed E-state index contributed by atoms with van der Waals surface area (Å²) in [5, 5.41) is -0.167. The summed E-state index contributed by atoms with van der Waals surface area (Å²) in [6.07, 6.45) is 0.719. The Morgan fingerprint density at radius 1 is 1.10 bits per heavy atom. The van der Waals surface area contributed by atoms with E-state index in [0.29, 0.717) is 48.8 Å². The summed E-state index contributed by atoms with van der Waals surface area (Å²) >= 11 is 3.37. The number of morpholine rings is 1. The molecule has 1 aliphatic rings. The van der Waals surface area contributed by atoms with Gasteiger partial charge in [-0.05, 0) is 17.7 Å². The van der Waals surface area contributed by atoms with Crippen molar-refractivity contribution >= 4 is 42.7 Å². The average molecular weight is 480 g/mol. The molecule has 1 fully saturated rings. The molecule has 0 atom stereocenters. The second-order valence-electron chi connectivity index (χ2n) is 6.93. The van der Waals surface area contributed by atoms with Gasteiger partial charge in [-0.25, -0.2) is 13.4 Å². The van der Waals surface area contributed by atoms with E-state index in [2.05, 4.69) is 30.9 Å². The first-order valence-corrected chi connectivity index (χ1v) is 11.9. The van der Waals surface area contributed by atoms with Crippen molar-refractivity contribution in [2.24, 2.45) is 7.05 Å². The Bertz CT molecular complexity index is 1140. The number of ether oxygens (including phenoxy) is 1. The molecule has 8 nitrogen and oxygen atoms in total. The van der Waals surface area contributed by atoms with Gasteiger partial charge in [0.05, 0.1) is 19.0 Å². The predicted octanol–water partition coefficient (Wildman–Crippen LogP) is 2.50. The molecule has 4 rings (SSSR count). The van der Waals surface area contributed by atoms with E-state index >= 15 is 0 Å². The summed E-state index contributed by atoms with van der Waals surface area (Å²) in [4.78, 5) is 15.6. The third-order valence-corrected chi connectivity index (χ3v) is 6.93. The number of rotatable bonds is 5. The zero-order valence-electron chi connectivity index (χ0n) is 16.3. The normalized spacial score (nSPS) is 15.2. The number of halogens is 1. The SMILES string of the molecule is CCc1nc2c(N3CCOCC3)nc(S(=O)(=O)Cc3ccc(Br)cc3)nc2n1C. The van der Waals surface area contributed by atoms with E-state index in [9.17, 15) is 8.42 Å². The first-order valence-electron chi connectivity index (χ1n) is 9.42. The van der Waals surface area contributed by atoms with E-state index in [1.807, 2.05) is 35.6 Å². The van der Waals surface area contributed by atoms with Gasteiger partial charge in [0.1, 0.15) is 5.82 Å². The second kappa shape index (κ2) is 8.00. The van der Waals surface area contributed by atoms with Crippen molar-refractivity contribution in [3.63, 3.8) is 0 Å². The van der Waals surface area contributed by atoms with Crippen LogP contribution in [0.5, 0.6) is 0 Å². The molecule has 1 aliphatic heterocycles. The zero-order valence-corrected chi connectivity index (χ0v) is 18.7. The maximum Gasteiger partial charge on any atom is 0.251 e. The quantitative estimate of drug-likeness (QED) is 0.519. The van der Waals surface area contributed by atoms with Crippen molar-refractivity contribution in [1.29, 1.82) is 0 Å². The number of sulfone groups is 1. The Kier molecular flexibility index (Phi) is 5.58. The predicted molar refractivity (Wildman–Crippen MR) is 114 cm³/mol. The van der Waals surface area contributed by atoms with Crippen LogP contribution in [0.2, 0.25) is 0 Å². The summed E-state index contributed by atoms with van der Waals surface area (Å²) in [6, 6.07) is 7.20. The van der Waals surface area contributed by atoms with E-state index in [0.717, 1.165) is 16.7 Å². The number of fused-ring (bicyclic) bond motifs is 1. The molecule has 1 aromatic carbocycles. The van der Waals surface area contributed by atoms with Crippen LogP contribution in [0, 0.1) is 0 Å². The highest BCUT2D eigenvalue weighted by molar-refractivity contribution is 9.10. The van der Waals surface area contributed by atoms with Gasteiger partial charge in [-0.1, -0.05) is 35.0 Å². The first kappa shape index (κ1) is 20.2. The highest BCUT2D eigenvalue weighted by Gasteiger charge is 2.27. The number of aryl methyl sites for hydroxylation is 2. The number of anilines is 1. The van der Waals surface area contributed by atoms with Gasteiger partial charge in [0, 0.05) is 31.0 Å². The van der Waals surface area contributed by atoms with Crippen LogP contribution in [0.25, 0.3) is 11.2 Å². The van der Waals surface area contributed by atoms with Crippen molar-refractivity contribution in [3.05, 3.63) is 40.1 Å². The van der Waals surface area contributed by atoms with Crippen LogP contribution >= 0.6 is 15.9 Å². The van der Waals surface area contributed by atoms with Crippen LogP contribution < -0.4 is 4.90 Å². The van der Waals surface area contributed by atoms with Gasteiger partial charge in [-0.3, -0.25) is 0 Å². The molecule has 0 aliphatic carbocycles. The van der Waals surface area contributed by atoms with Gasteiger partial charge in [-0.2, -0.15) is 9.97 Å². The van der Waals surface area contributed by atoms with Crippen molar-refractivity contribution in [1.82, 2.24) is 19.5 Å². The van der Waals surface area contributed by atoms with Crippen molar-refractivity contribution in [2.45, 2.75) is 24.3 Å². The summed E-state index contributed by atoms with van der Waals surface area (Å²) in [6.45, 7) is 4.42. The molecule has 2 aromatic heterocycles. The minimum atomic E-state index is -3.73. The Morgan fingerprint density at radius 2 is 1.79 bits per heavy atom. The molecule has 3 heterocycles. The topological polar surface area (TPSA) is 90.2 Å². The molecular weight excluding hydrogens is 458 g/mol. The maximum atomic E-state index is 13.1. The summed E-state index contributed by atoms with van der Waals surface area (Å²) in [7, 11) is -1.87. The Balaban J connectivity index is 1.83. The molecule has 3 aromatic rings. The highest BCUT2D eigenvalue weighted by atomic mass is 79.9. The molecule has 29 heavy (non-hydrogen) atoms. The van der Waals surface area contributed by atoms with Crippen LogP contribution in [0.15, 0.2) is 33.9 Å². The van der Waals surface area contributed by atoms with E-state index in [4.69, 9.17) is 4.74 Å². The summed E-state index contributed by atoms with van der Waals surface area (Å²) in [5.41, 5.74) is 1.85. The van der Waals surface area contributed by atoms with Gasteiger partial charge in [-0.15, -0.1) is 0 Å². The van der Waals surface area contributed by atoms with Crippen LogP contribution in [-0.2, 0) is 33.8 Å². The Morgan fingerprint density at radius 3 is 2.45 bits per heavy atom. The molecule has 0 amide bonds. The lowest BCUT2D eigenvalue weighted by atomic mass is 10.2. The number of nitrogens with zero attached hydrogens (tertiary/aromatic N) is 5. The van der Waals surface area contributed by atoms with E-state index in [1.54, 1.807) is 12.1 Å². The summed E-state index contributed by atoms with van der Waals surface area (Å²) in [5.74, 6) is 1.24. The molecule has 0 unspecified atom stereocenters. The molecule has 10 heteroatoms. The van der Waals surface area contributed by atoms with Crippen LogP contribution in [0.4, 0.5) is 5.82 Å². The van der Waals surface area contributed by atoms with Gasteiger partial charge in [0.2, 0.25) is 9.84 Å². The number of hydrogen-bond acceptors (Lipinski definition) is 7. The third kappa shape index (κ3) is 4.01. The van der Waals surface area contributed by atoms with E-state index in [1.165, 1.54) is 0 Å². The zero-order chi connectivity index (χ0) is 20.6.